The van der Waals surface area contributed by atoms with E-state index in [1.807, 2.05) is 29.6 Å². The van der Waals surface area contributed by atoms with Crippen molar-refractivity contribution >= 4 is 17.3 Å². The summed E-state index contributed by atoms with van der Waals surface area (Å²) in [4.78, 5) is 13.2. The molecule has 3 rings (SSSR count). The number of esters is 1. The highest BCUT2D eigenvalue weighted by Gasteiger charge is 2.23. The van der Waals surface area contributed by atoms with E-state index < -0.39 is 5.97 Å². The van der Waals surface area contributed by atoms with Gasteiger partial charge < -0.3 is 9.30 Å². The molecule has 0 N–H and O–H groups in total. The average molecular weight is 361 g/mol. The topological polar surface area (TPSA) is 78.8 Å². The lowest BCUT2D eigenvalue weighted by Crippen LogP contribution is -2.10. The van der Waals surface area contributed by atoms with Crippen molar-refractivity contribution in [2.45, 2.75) is 6.92 Å². The van der Waals surface area contributed by atoms with Crippen molar-refractivity contribution < 1.29 is 9.53 Å². The fourth-order valence-electron chi connectivity index (χ4n) is 2.86. The average Bonchev–Trinajstić information content (AvgIpc) is 3.25. The lowest BCUT2D eigenvalue weighted by Gasteiger charge is -2.08. The van der Waals surface area contributed by atoms with Gasteiger partial charge in [-0.25, -0.2) is 4.79 Å². The van der Waals surface area contributed by atoms with Crippen molar-refractivity contribution in [1.29, 1.82) is 10.5 Å². The van der Waals surface area contributed by atoms with E-state index in [1.165, 1.54) is 11.3 Å². The largest absolute Gasteiger partial charge is 0.461 e. The van der Waals surface area contributed by atoms with Gasteiger partial charge in [0.1, 0.15) is 17.8 Å². The summed E-state index contributed by atoms with van der Waals surface area (Å²) in [5, 5.41) is 20.5. The van der Waals surface area contributed by atoms with E-state index in [2.05, 4.69) is 12.1 Å². The van der Waals surface area contributed by atoms with E-state index in [0.29, 0.717) is 22.4 Å². The summed E-state index contributed by atoms with van der Waals surface area (Å²) in [6, 6.07) is 13.6. The van der Waals surface area contributed by atoms with E-state index >= 15 is 0 Å². The molecule has 0 spiro atoms. The second-order valence-electron chi connectivity index (χ2n) is 5.56. The first-order chi connectivity index (χ1) is 12.6. The predicted octanol–water partition coefficient (Wildman–Crippen LogP) is 4.34. The Kier molecular flexibility index (Phi) is 4.88. The molecular weight excluding hydrogens is 346 g/mol. The van der Waals surface area contributed by atoms with Crippen molar-refractivity contribution in [2.24, 2.45) is 7.05 Å². The highest BCUT2D eigenvalue weighted by atomic mass is 32.1. The van der Waals surface area contributed by atoms with Gasteiger partial charge in [-0.1, -0.05) is 24.3 Å². The summed E-state index contributed by atoms with van der Waals surface area (Å²) < 4.78 is 6.76. The highest BCUT2D eigenvalue weighted by molar-refractivity contribution is 7.13. The Morgan fingerprint density at radius 3 is 2.38 bits per heavy atom. The molecule has 0 bridgehead atoms. The first-order valence-corrected chi connectivity index (χ1v) is 8.83. The Labute approximate surface area is 155 Å². The lowest BCUT2D eigenvalue weighted by molar-refractivity contribution is 0.0516. The predicted molar refractivity (Wildman–Crippen MR) is 99.5 cm³/mol. The maximum atomic E-state index is 12.3. The van der Waals surface area contributed by atoms with Gasteiger partial charge in [-0.05, 0) is 29.5 Å². The van der Waals surface area contributed by atoms with Crippen molar-refractivity contribution in [1.82, 2.24) is 4.57 Å². The molecule has 128 valence electrons. The molecule has 0 saturated carbocycles. The first-order valence-electron chi connectivity index (χ1n) is 7.95. The monoisotopic (exact) mass is 361 g/mol. The van der Waals surface area contributed by atoms with Crippen LogP contribution < -0.4 is 0 Å². The van der Waals surface area contributed by atoms with E-state index in [1.54, 1.807) is 30.8 Å². The zero-order valence-corrected chi connectivity index (χ0v) is 15.1. The maximum Gasteiger partial charge on any atom is 0.355 e. The zero-order chi connectivity index (χ0) is 18.7. The molecule has 0 radical (unpaired) electrons. The number of carbonyl (C=O) groups is 1. The Morgan fingerprint density at radius 1 is 1.12 bits per heavy atom. The van der Waals surface area contributed by atoms with Gasteiger partial charge >= 0.3 is 5.97 Å². The summed E-state index contributed by atoms with van der Waals surface area (Å²) >= 11 is 1.50. The molecule has 3 aromatic rings. The zero-order valence-electron chi connectivity index (χ0n) is 14.3. The van der Waals surface area contributed by atoms with E-state index in [4.69, 9.17) is 4.74 Å². The minimum atomic E-state index is -0.458. The molecule has 0 aliphatic carbocycles. The van der Waals surface area contributed by atoms with Gasteiger partial charge in [-0.2, -0.15) is 10.5 Å². The maximum absolute atomic E-state index is 12.3. The second-order valence-corrected chi connectivity index (χ2v) is 6.48. The van der Waals surface area contributed by atoms with Crippen LogP contribution >= 0.6 is 11.3 Å². The van der Waals surface area contributed by atoms with E-state index in [-0.39, 0.29) is 6.61 Å². The van der Waals surface area contributed by atoms with Crippen LogP contribution in [0, 0.1) is 22.7 Å². The lowest BCUT2D eigenvalue weighted by atomic mass is 9.99. The number of aromatic nitrogens is 1. The van der Waals surface area contributed by atoms with Crippen LogP contribution in [0.2, 0.25) is 0 Å². The summed E-state index contributed by atoms with van der Waals surface area (Å²) in [5.74, 6) is -0.458. The normalized spacial score (nSPS) is 10.2. The van der Waals surface area contributed by atoms with Gasteiger partial charge in [0, 0.05) is 18.8 Å². The SMILES string of the molecule is CCOC(=O)c1c(-c2ccc(-c3sccc3C#N)cc2)c(C#N)cn1C. The molecule has 0 amide bonds. The van der Waals surface area contributed by atoms with Crippen LogP contribution in [-0.2, 0) is 11.8 Å². The number of nitriles is 2. The van der Waals surface area contributed by atoms with Crippen LogP contribution in [0.4, 0.5) is 0 Å². The number of hydrogen-bond acceptors (Lipinski definition) is 5. The van der Waals surface area contributed by atoms with Crippen molar-refractivity contribution in [3.8, 4) is 33.7 Å². The Bertz CT molecular complexity index is 1050. The van der Waals surface area contributed by atoms with Crippen molar-refractivity contribution in [3.63, 3.8) is 0 Å². The molecule has 2 aromatic heterocycles. The fourth-order valence-corrected chi connectivity index (χ4v) is 3.71. The summed E-state index contributed by atoms with van der Waals surface area (Å²) in [7, 11) is 1.72. The Morgan fingerprint density at radius 2 is 1.77 bits per heavy atom. The van der Waals surface area contributed by atoms with Gasteiger partial charge in [0.15, 0.2) is 0 Å². The van der Waals surface area contributed by atoms with Gasteiger partial charge in [-0.15, -0.1) is 11.3 Å². The molecule has 0 atom stereocenters. The highest BCUT2D eigenvalue weighted by Crippen LogP contribution is 2.34. The number of aryl methyl sites for hydroxylation is 1. The van der Waals surface area contributed by atoms with Crippen LogP contribution in [0.5, 0.6) is 0 Å². The molecule has 26 heavy (non-hydrogen) atoms. The molecule has 0 aliphatic heterocycles. The quantitative estimate of drug-likeness (QED) is 0.648. The Hall–Kier alpha value is -3.35. The summed E-state index contributed by atoms with van der Waals surface area (Å²) in [5.41, 5.74) is 3.64. The third-order valence-corrected chi connectivity index (χ3v) is 4.96. The van der Waals surface area contributed by atoms with Crippen LogP contribution in [0.15, 0.2) is 41.9 Å². The van der Waals surface area contributed by atoms with Crippen molar-refractivity contribution in [2.75, 3.05) is 6.61 Å². The minimum Gasteiger partial charge on any atom is -0.461 e. The number of hydrogen-bond donors (Lipinski definition) is 0. The number of carbonyl (C=O) groups excluding carboxylic acids is 1. The van der Waals surface area contributed by atoms with E-state index in [9.17, 15) is 15.3 Å². The standard InChI is InChI=1S/C20H15N3O2S/c1-3-25-20(24)18-17(16(11-22)12-23(18)2)13-4-6-14(7-5-13)19-15(10-21)8-9-26-19/h4-9,12H,3H2,1-2H3. The van der Waals surface area contributed by atoms with Gasteiger partial charge in [0.05, 0.1) is 22.6 Å². The number of nitrogens with zero attached hydrogens (tertiary/aromatic N) is 3. The number of benzene rings is 1. The third kappa shape index (κ3) is 2.99. The van der Waals surface area contributed by atoms with Crippen LogP contribution in [-0.4, -0.2) is 17.1 Å². The molecule has 6 heteroatoms. The second kappa shape index (κ2) is 7.26. The van der Waals surface area contributed by atoms with Crippen LogP contribution in [0.25, 0.3) is 21.6 Å². The molecule has 5 nitrogen and oxygen atoms in total. The number of ether oxygens (including phenoxy) is 1. The van der Waals surface area contributed by atoms with Crippen LogP contribution in [0.3, 0.4) is 0 Å². The molecule has 2 heterocycles. The smallest absolute Gasteiger partial charge is 0.355 e. The van der Waals surface area contributed by atoms with Gasteiger partial charge in [0.2, 0.25) is 0 Å². The molecule has 0 aliphatic rings. The molecule has 1 aromatic carbocycles. The Balaban J connectivity index is 2.09. The van der Waals surface area contributed by atoms with Crippen LogP contribution in [0.1, 0.15) is 28.5 Å². The van der Waals surface area contributed by atoms with Gasteiger partial charge in [0.25, 0.3) is 0 Å². The molecule has 0 fully saturated rings. The molecule has 0 saturated heterocycles. The number of rotatable bonds is 4. The number of thiophene rings is 1. The third-order valence-electron chi connectivity index (χ3n) is 3.99. The van der Waals surface area contributed by atoms with Gasteiger partial charge in [-0.3, -0.25) is 0 Å². The van der Waals surface area contributed by atoms with Crippen molar-refractivity contribution in [3.05, 3.63) is 58.7 Å². The summed E-state index contributed by atoms with van der Waals surface area (Å²) in [6.45, 7) is 2.01. The summed E-state index contributed by atoms with van der Waals surface area (Å²) in [6.07, 6.45) is 1.63. The first kappa shape index (κ1) is 17.5. The minimum absolute atomic E-state index is 0.263. The van der Waals surface area contributed by atoms with E-state index in [0.717, 1.165) is 16.0 Å². The molecular formula is C20H15N3O2S. The fraction of sp³-hybridized carbons (Fsp3) is 0.150. The molecule has 0 unspecified atom stereocenters.